The Balaban J connectivity index is 1.58. The summed E-state index contributed by atoms with van der Waals surface area (Å²) in [5, 5.41) is 22.1. The number of halogens is 1. The summed E-state index contributed by atoms with van der Waals surface area (Å²) in [6, 6.07) is 1.98. The number of nitrogens with zero attached hydrogens (tertiary/aromatic N) is 3. The molecular weight excluding hydrogens is 410 g/mol. The van der Waals surface area contributed by atoms with Gasteiger partial charge in [-0.1, -0.05) is 0 Å². The lowest BCUT2D eigenvalue weighted by Gasteiger charge is -2.31. The normalized spacial score (nSPS) is 20.0. The third-order valence-electron chi connectivity index (χ3n) is 5.50. The molecule has 2 fully saturated rings. The van der Waals surface area contributed by atoms with E-state index in [9.17, 15) is 5.11 Å². The third-order valence-corrected chi connectivity index (χ3v) is 6.06. The molecule has 1 unspecified atom stereocenters. The Hall–Kier alpha value is -1.38. The van der Waals surface area contributed by atoms with Crippen LogP contribution in [0, 0.1) is 11.8 Å². The van der Waals surface area contributed by atoms with Crippen molar-refractivity contribution in [1.82, 2.24) is 14.6 Å². The second kappa shape index (κ2) is 7.56. The predicted octanol–water partition coefficient (Wildman–Crippen LogP) is 3.29. The van der Waals surface area contributed by atoms with Crippen molar-refractivity contribution in [1.29, 1.82) is 0 Å². The number of hydrogen-bond acceptors (Lipinski definition) is 6. The molecule has 2 aromatic rings. The summed E-state index contributed by atoms with van der Waals surface area (Å²) < 4.78 is 8.13. The van der Waals surface area contributed by atoms with E-state index < -0.39 is 5.60 Å². The molecule has 1 aliphatic heterocycles. The number of aliphatic hydroxyl groups is 1. The average Bonchev–Trinajstić information content (AvgIpc) is 3.41. The zero-order valence-electron chi connectivity index (χ0n) is 15.9. The maximum Gasteiger partial charge on any atom is 0.173 e. The van der Waals surface area contributed by atoms with Gasteiger partial charge in [-0.2, -0.15) is 9.61 Å². The van der Waals surface area contributed by atoms with Crippen LogP contribution in [0.2, 0.25) is 0 Å². The Kier molecular flexibility index (Phi) is 5.31. The predicted molar refractivity (Wildman–Crippen MR) is 109 cm³/mol. The van der Waals surface area contributed by atoms with E-state index in [0.717, 1.165) is 67.2 Å². The van der Waals surface area contributed by atoms with Crippen LogP contribution in [0.3, 0.4) is 0 Å². The van der Waals surface area contributed by atoms with Crippen LogP contribution >= 0.6 is 15.9 Å². The standard InChI is InChI=1S/C19H28BrN5O2/c1-19(2,26)17(13-3-4-13)23-15-9-16(21-10-12-5-7-27-8-6-12)25-18(24-15)14(20)11-22-25/h9,11-13,17,21,26H,3-8,10H2,1-2H3,(H,23,24). The molecule has 148 valence electrons. The summed E-state index contributed by atoms with van der Waals surface area (Å²) in [5.41, 5.74) is -0.0398. The summed E-state index contributed by atoms with van der Waals surface area (Å²) in [4.78, 5) is 4.73. The number of aromatic nitrogens is 3. The molecule has 1 aliphatic carbocycles. The Bertz CT molecular complexity index is 793. The molecule has 27 heavy (non-hydrogen) atoms. The van der Waals surface area contributed by atoms with Gasteiger partial charge in [-0.15, -0.1) is 0 Å². The summed E-state index contributed by atoms with van der Waals surface area (Å²) in [6.45, 7) is 6.29. The second-order valence-electron chi connectivity index (χ2n) is 8.30. The summed E-state index contributed by atoms with van der Waals surface area (Å²) in [7, 11) is 0. The van der Waals surface area contributed by atoms with Gasteiger partial charge < -0.3 is 20.5 Å². The van der Waals surface area contributed by atoms with Gasteiger partial charge in [0.05, 0.1) is 22.3 Å². The summed E-state index contributed by atoms with van der Waals surface area (Å²) >= 11 is 3.54. The highest BCUT2D eigenvalue weighted by molar-refractivity contribution is 9.10. The van der Waals surface area contributed by atoms with Crippen LogP contribution in [0.25, 0.3) is 5.65 Å². The van der Waals surface area contributed by atoms with Crippen molar-refractivity contribution < 1.29 is 9.84 Å². The van der Waals surface area contributed by atoms with Crippen LogP contribution in [0.4, 0.5) is 11.6 Å². The highest BCUT2D eigenvalue weighted by Gasteiger charge is 2.40. The number of rotatable bonds is 7. The number of hydrogen-bond donors (Lipinski definition) is 3. The minimum atomic E-state index is -0.803. The van der Waals surface area contributed by atoms with Gasteiger partial charge in [0.1, 0.15) is 11.6 Å². The molecule has 8 heteroatoms. The van der Waals surface area contributed by atoms with E-state index in [1.165, 1.54) is 0 Å². The van der Waals surface area contributed by atoms with E-state index in [4.69, 9.17) is 9.72 Å². The largest absolute Gasteiger partial charge is 0.388 e. The van der Waals surface area contributed by atoms with Crippen molar-refractivity contribution in [3.63, 3.8) is 0 Å². The topological polar surface area (TPSA) is 83.7 Å². The Morgan fingerprint density at radius 2 is 2.07 bits per heavy atom. The number of anilines is 2. The smallest absolute Gasteiger partial charge is 0.173 e. The SMILES string of the molecule is CC(C)(O)C(Nc1cc(NCC2CCOCC2)n2ncc(Br)c2n1)C1CC1. The first-order valence-electron chi connectivity index (χ1n) is 9.76. The molecule has 0 amide bonds. The second-order valence-corrected chi connectivity index (χ2v) is 9.16. The molecule has 4 rings (SSSR count). The molecule has 2 aromatic heterocycles. The van der Waals surface area contributed by atoms with E-state index in [2.05, 4.69) is 31.7 Å². The maximum atomic E-state index is 10.6. The van der Waals surface area contributed by atoms with Crippen molar-refractivity contribution in [3.8, 4) is 0 Å². The Morgan fingerprint density at radius 1 is 1.33 bits per heavy atom. The minimum absolute atomic E-state index is 0.0162. The molecule has 3 N–H and O–H groups in total. The highest BCUT2D eigenvalue weighted by Crippen LogP contribution is 2.39. The van der Waals surface area contributed by atoms with Crippen LogP contribution in [-0.4, -0.2) is 51.1 Å². The molecule has 0 aromatic carbocycles. The van der Waals surface area contributed by atoms with Gasteiger partial charge >= 0.3 is 0 Å². The van der Waals surface area contributed by atoms with Crippen LogP contribution < -0.4 is 10.6 Å². The first-order valence-corrected chi connectivity index (χ1v) is 10.6. The molecule has 7 nitrogen and oxygen atoms in total. The zero-order valence-corrected chi connectivity index (χ0v) is 17.5. The molecule has 0 spiro atoms. The van der Waals surface area contributed by atoms with Crippen molar-refractivity contribution >= 4 is 33.2 Å². The van der Waals surface area contributed by atoms with Crippen molar-refractivity contribution in [2.24, 2.45) is 11.8 Å². The fourth-order valence-corrected chi connectivity index (χ4v) is 4.14. The van der Waals surface area contributed by atoms with E-state index >= 15 is 0 Å². The average molecular weight is 438 g/mol. The molecule has 3 heterocycles. The number of fused-ring (bicyclic) bond motifs is 1. The van der Waals surface area contributed by atoms with Gasteiger partial charge in [0.15, 0.2) is 5.65 Å². The third kappa shape index (κ3) is 4.38. The molecule has 1 atom stereocenters. The molecular formula is C19H28BrN5O2. The van der Waals surface area contributed by atoms with Crippen molar-refractivity contribution in [2.75, 3.05) is 30.4 Å². The van der Waals surface area contributed by atoms with Gasteiger partial charge in [-0.25, -0.2) is 4.98 Å². The van der Waals surface area contributed by atoms with Crippen LogP contribution in [0.5, 0.6) is 0 Å². The minimum Gasteiger partial charge on any atom is -0.388 e. The first kappa shape index (κ1) is 19.0. The monoisotopic (exact) mass is 437 g/mol. The molecule has 2 aliphatic rings. The van der Waals surface area contributed by atoms with E-state index in [1.54, 1.807) is 6.20 Å². The summed E-state index contributed by atoms with van der Waals surface area (Å²) in [6.07, 6.45) is 6.22. The Labute approximate surface area is 168 Å². The van der Waals surface area contributed by atoms with Crippen molar-refractivity contribution in [3.05, 3.63) is 16.7 Å². The molecule has 1 saturated heterocycles. The van der Waals surface area contributed by atoms with Crippen molar-refractivity contribution in [2.45, 2.75) is 51.2 Å². The van der Waals surface area contributed by atoms with Gasteiger partial charge in [-0.3, -0.25) is 0 Å². The molecule has 1 saturated carbocycles. The first-order chi connectivity index (χ1) is 12.9. The van der Waals surface area contributed by atoms with E-state index in [-0.39, 0.29) is 6.04 Å². The fraction of sp³-hybridized carbons (Fsp3) is 0.684. The number of ether oxygens (including phenoxy) is 1. The highest BCUT2D eigenvalue weighted by atomic mass is 79.9. The van der Waals surface area contributed by atoms with Gasteiger partial charge in [0.25, 0.3) is 0 Å². The van der Waals surface area contributed by atoms with Crippen LogP contribution in [-0.2, 0) is 4.74 Å². The van der Waals surface area contributed by atoms with Gasteiger partial charge in [-0.05, 0) is 67.3 Å². The molecule has 0 bridgehead atoms. The van der Waals surface area contributed by atoms with E-state index in [1.807, 2.05) is 24.4 Å². The van der Waals surface area contributed by atoms with E-state index in [0.29, 0.717) is 11.8 Å². The maximum absolute atomic E-state index is 10.6. The lowest BCUT2D eigenvalue weighted by Crippen LogP contribution is -2.43. The van der Waals surface area contributed by atoms with Crippen LogP contribution in [0.15, 0.2) is 16.7 Å². The van der Waals surface area contributed by atoms with Gasteiger partial charge in [0.2, 0.25) is 0 Å². The zero-order chi connectivity index (χ0) is 19.0. The summed E-state index contributed by atoms with van der Waals surface area (Å²) in [5.74, 6) is 2.77. The quantitative estimate of drug-likeness (QED) is 0.616. The van der Waals surface area contributed by atoms with Gasteiger partial charge in [0, 0.05) is 25.8 Å². The fourth-order valence-electron chi connectivity index (χ4n) is 3.80. The van der Waals surface area contributed by atoms with Crippen LogP contribution in [0.1, 0.15) is 39.5 Å². The molecule has 0 radical (unpaired) electrons. The number of nitrogens with one attached hydrogen (secondary N) is 2. The Morgan fingerprint density at radius 3 is 2.74 bits per heavy atom. The lowest BCUT2D eigenvalue weighted by molar-refractivity contribution is 0.0519. The lowest BCUT2D eigenvalue weighted by atomic mass is 9.94.